The second-order valence-corrected chi connectivity index (χ2v) is 6.56. The number of piperidine rings is 1. The van der Waals surface area contributed by atoms with Gasteiger partial charge in [0.2, 0.25) is 5.82 Å². The predicted molar refractivity (Wildman–Crippen MR) is 97.7 cm³/mol. The molecule has 0 radical (unpaired) electrons. The van der Waals surface area contributed by atoms with E-state index in [1.54, 1.807) is 10.6 Å². The summed E-state index contributed by atoms with van der Waals surface area (Å²) in [5.41, 5.74) is 3.28. The molecule has 1 aromatic carbocycles. The van der Waals surface area contributed by atoms with E-state index in [0.717, 1.165) is 42.9 Å². The lowest BCUT2D eigenvalue weighted by atomic mass is 10.1. The van der Waals surface area contributed by atoms with Crippen LogP contribution in [0.2, 0.25) is 5.02 Å². The van der Waals surface area contributed by atoms with Gasteiger partial charge < -0.3 is 10.6 Å². The molecule has 126 valence electrons. The van der Waals surface area contributed by atoms with Crippen LogP contribution < -0.4 is 10.6 Å². The Kier molecular flexibility index (Phi) is 4.26. The number of benzene rings is 1. The molecule has 3 aromatic rings. The summed E-state index contributed by atoms with van der Waals surface area (Å²) in [7, 11) is 0. The van der Waals surface area contributed by atoms with Gasteiger partial charge in [-0.3, -0.25) is 4.40 Å². The van der Waals surface area contributed by atoms with Crippen LogP contribution in [0.25, 0.3) is 16.9 Å². The maximum Gasteiger partial charge on any atom is 0.218 e. The van der Waals surface area contributed by atoms with E-state index < -0.39 is 0 Å². The lowest BCUT2D eigenvalue weighted by Gasteiger charge is -2.24. The van der Waals surface area contributed by atoms with E-state index in [2.05, 4.69) is 21.7 Å². The van der Waals surface area contributed by atoms with Gasteiger partial charge in [-0.1, -0.05) is 23.7 Å². The normalized spacial score (nSPS) is 17.4. The quantitative estimate of drug-likeness (QED) is 0.757. The number of fused-ring (bicyclic) bond motifs is 1. The van der Waals surface area contributed by atoms with E-state index in [1.165, 1.54) is 0 Å². The fourth-order valence-electron chi connectivity index (χ4n) is 3.12. The molecule has 2 N–H and O–H groups in total. The number of nitriles is 1. The second kappa shape index (κ2) is 6.71. The molecule has 1 atom stereocenters. The Labute approximate surface area is 150 Å². The van der Waals surface area contributed by atoms with Gasteiger partial charge in [0.15, 0.2) is 5.65 Å². The molecular formula is C18H17ClN6. The van der Waals surface area contributed by atoms with Crippen molar-refractivity contribution >= 4 is 22.9 Å². The Morgan fingerprint density at radius 3 is 2.88 bits per heavy atom. The molecule has 2 aromatic heterocycles. The Morgan fingerprint density at radius 2 is 2.16 bits per heavy atom. The van der Waals surface area contributed by atoms with Crippen LogP contribution in [-0.2, 0) is 0 Å². The minimum absolute atomic E-state index is 0.315. The highest BCUT2D eigenvalue weighted by molar-refractivity contribution is 6.30. The summed E-state index contributed by atoms with van der Waals surface area (Å²) < 4.78 is 1.74. The first-order chi connectivity index (χ1) is 12.2. The highest BCUT2D eigenvalue weighted by atomic mass is 35.5. The first-order valence-corrected chi connectivity index (χ1v) is 8.64. The maximum atomic E-state index is 9.36. The lowest BCUT2D eigenvalue weighted by Crippen LogP contribution is -2.38. The van der Waals surface area contributed by atoms with Gasteiger partial charge in [0.25, 0.3) is 0 Å². The van der Waals surface area contributed by atoms with Crippen LogP contribution in [0.4, 0.5) is 5.69 Å². The fraction of sp³-hybridized carbons (Fsp3) is 0.278. The zero-order valence-electron chi connectivity index (χ0n) is 13.5. The van der Waals surface area contributed by atoms with Crippen molar-refractivity contribution in [2.75, 3.05) is 18.4 Å². The zero-order chi connectivity index (χ0) is 17.2. The first-order valence-electron chi connectivity index (χ1n) is 8.26. The van der Waals surface area contributed by atoms with Crippen LogP contribution in [0.3, 0.4) is 0 Å². The van der Waals surface area contributed by atoms with Crippen molar-refractivity contribution in [2.24, 2.45) is 0 Å². The Bertz CT molecular complexity index is 935. The van der Waals surface area contributed by atoms with Gasteiger partial charge in [0.05, 0.1) is 17.6 Å². The van der Waals surface area contributed by atoms with E-state index in [4.69, 9.17) is 16.6 Å². The van der Waals surface area contributed by atoms with Crippen LogP contribution in [0.5, 0.6) is 0 Å². The predicted octanol–water partition coefficient (Wildman–Crippen LogP) is 3.09. The Morgan fingerprint density at radius 1 is 1.32 bits per heavy atom. The largest absolute Gasteiger partial charge is 0.377 e. The van der Waals surface area contributed by atoms with E-state index >= 15 is 0 Å². The molecule has 1 aliphatic rings. The van der Waals surface area contributed by atoms with Crippen LogP contribution in [0.1, 0.15) is 18.7 Å². The topological polar surface area (TPSA) is 78.0 Å². The number of halogens is 1. The molecule has 0 aliphatic carbocycles. The van der Waals surface area contributed by atoms with Crippen molar-refractivity contribution in [1.82, 2.24) is 19.7 Å². The highest BCUT2D eigenvalue weighted by Crippen LogP contribution is 2.25. The minimum Gasteiger partial charge on any atom is -0.377 e. The Hall–Kier alpha value is -2.62. The van der Waals surface area contributed by atoms with E-state index in [0.29, 0.717) is 22.5 Å². The third-order valence-corrected chi connectivity index (χ3v) is 4.64. The first kappa shape index (κ1) is 15.9. The number of hydrogen-bond donors (Lipinski definition) is 2. The summed E-state index contributed by atoms with van der Waals surface area (Å²) in [5.74, 6) is 0.315. The smallest absolute Gasteiger partial charge is 0.218 e. The van der Waals surface area contributed by atoms with Crippen LogP contribution in [0, 0.1) is 11.3 Å². The molecule has 1 unspecified atom stereocenters. The molecular weight excluding hydrogens is 336 g/mol. The van der Waals surface area contributed by atoms with Gasteiger partial charge in [0.1, 0.15) is 6.07 Å². The molecule has 6 nitrogen and oxygen atoms in total. The van der Waals surface area contributed by atoms with Crippen molar-refractivity contribution in [3.8, 4) is 17.3 Å². The number of rotatable bonds is 3. The number of aromatic nitrogens is 3. The molecule has 3 heterocycles. The van der Waals surface area contributed by atoms with E-state index in [-0.39, 0.29) is 0 Å². The standard InChI is InChI=1S/C18H17ClN6/c19-13-5-3-12(4-6-13)16-11-25-17(8-20)22-10-15(18(25)24-16)23-14-2-1-7-21-9-14/h3-6,10-11,14,21,23H,1-2,7,9H2. The SMILES string of the molecule is N#Cc1ncc(NC2CCCNC2)c2nc(-c3ccc(Cl)cc3)cn12. The van der Waals surface area contributed by atoms with E-state index in [9.17, 15) is 5.26 Å². The number of anilines is 1. The van der Waals surface area contributed by atoms with Crippen LogP contribution >= 0.6 is 11.6 Å². The van der Waals surface area contributed by atoms with Gasteiger partial charge in [-0.15, -0.1) is 0 Å². The summed E-state index contributed by atoms with van der Waals surface area (Å²) in [6, 6.07) is 9.96. The van der Waals surface area contributed by atoms with Gasteiger partial charge in [-0.25, -0.2) is 9.97 Å². The molecule has 7 heteroatoms. The average Bonchev–Trinajstić information content (AvgIpc) is 3.09. The monoisotopic (exact) mass is 352 g/mol. The third-order valence-electron chi connectivity index (χ3n) is 4.39. The van der Waals surface area contributed by atoms with E-state index in [1.807, 2.05) is 30.5 Å². The van der Waals surface area contributed by atoms with Crippen LogP contribution in [-0.4, -0.2) is 33.5 Å². The van der Waals surface area contributed by atoms with Crippen LogP contribution in [0.15, 0.2) is 36.7 Å². The molecule has 25 heavy (non-hydrogen) atoms. The minimum atomic E-state index is 0.315. The molecule has 0 amide bonds. The summed E-state index contributed by atoms with van der Waals surface area (Å²) in [5, 5.41) is 16.9. The van der Waals surface area contributed by atoms with Crippen molar-refractivity contribution in [2.45, 2.75) is 18.9 Å². The average molecular weight is 353 g/mol. The van der Waals surface area contributed by atoms with Crippen molar-refractivity contribution < 1.29 is 0 Å². The van der Waals surface area contributed by atoms with Crippen molar-refractivity contribution in [3.05, 3.63) is 47.5 Å². The van der Waals surface area contributed by atoms with Crippen molar-refractivity contribution in [1.29, 1.82) is 5.26 Å². The summed E-state index contributed by atoms with van der Waals surface area (Å²) in [6.07, 6.45) is 5.78. The molecule has 0 bridgehead atoms. The lowest BCUT2D eigenvalue weighted by molar-refractivity contribution is 0.480. The van der Waals surface area contributed by atoms with Gasteiger partial charge >= 0.3 is 0 Å². The fourth-order valence-corrected chi connectivity index (χ4v) is 3.24. The number of nitrogens with one attached hydrogen (secondary N) is 2. The maximum absolute atomic E-state index is 9.36. The van der Waals surface area contributed by atoms with Crippen molar-refractivity contribution in [3.63, 3.8) is 0 Å². The highest BCUT2D eigenvalue weighted by Gasteiger charge is 2.17. The Balaban J connectivity index is 1.76. The molecule has 4 rings (SSSR count). The number of nitrogens with zero attached hydrogens (tertiary/aromatic N) is 4. The van der Waals surface area contributed by atoms with Gasteiger partial charge in [-0.2, -0.15) is 5.26 Å². The number of imidazole rings is 1. The molecule has 0 saturated carbocycles. The molecule has 0 spiro atoms. The number of hydrogen-bond acceptors (Lipinski definition) is 5. The molecule has 1 fully saturated rings. The molecule has 1 aliphatic heterocycles. The summed E-state index contributed by atoms with van der Waals surface area (Å²) >= 11 is 5.96. The summed E-state index contributed by atoms with van der Waals surface area (Å²) in [6.45, 7) is 1.97. The van der Waals surface area contributed by atoms with Gasteiger partial charge in [0, 0.05) is 29.4 Å². The third kappa shape index (κ3) is 3.16. The second-order valence-electron chi connectivity index (χ2n) is 6.12. The summed E-state index contributed by atoms with van der Waals surface area (Å²) in [4.78, 5) is 9.00. The van der Waals surface area contributed by atoms with Gasteiger partial charge in [-0.05, 0) is 31.5 Å². The molecule has 1 saturated heterocycles. The zero-order valence-corrected chi connectivity index (χ0v) is 14.3.